The van der Waals surface area contributed by atoms with Crippen molar-refractivity contribution in [2.75, 3.05) is 0 Å². The van der Waals surface area contributed by atoms with E-state index >= 15 is 0 Å². The molecule has 0 aliphatic heterocycles. The number of amides is 1. The molecule has 4 nitrogen and oxygen atoms in total. The zero-order valence-corrected chi connectivity index (χ0v) is 16.2. The maximum Gasteiger partial charge on any atom is 0.225 e. The smallest absolute Gasteiger partial charge is 0.225 e. The average Bonchev–Trinajstić information content (AvgIpc) is 3.27. The Bertz CT molecular complexity index is 749. The van der Waals surface area contributed by atoms with Crippen LogP contribution in [0.4, 0.5) is 0 Å². The highest BCUT2D eigenvalue weighted by atomic mass is 35.5. The van der Waals surface area contributed by atoms with Gasteiger partial charge in [-0.3, -0.25) is 4.79 Å². The van der Waals surface area contributed by atoms with Crippen molar-refractivity contribution in [1.29, 1.82) is 0 Å². The summed E-state index contributed by atoms with van der Waals surface area (Å²) in [6, 6.07) is 18.0. The molecule has 4 rings (SSSR count). The summed E-state index contributed by atoms with van der Waals surface area (Å²) in [5.74, 6) is 2.05. The van der Waals surface area contributed by atoms with Crippen molar-refractivity contribution in [2.45, 2.75) is 38.5 Å². The molecule has 0 aromatic heterocycles. The SMILES string of the molecule is Cl.NC1C2CCC(C2)C1C(=O)NCc1ccc(COc2ccccc2)cc1. The van der Waals surface area contributed by atoms with E-state index in [0.29, 0.717) is 25.0 Å². The number of halogens is 1. The van der Waals surface area contributed by atoms with Gasteiger partial charge in [0.25, 0.3) is 0 Å². The van der Waals surface area contributed by atoms with E-state index in [1.807, 2.05) is 54.6 Å². The van der Waals surface area contributed by atoms with E-state index in [1.54, 1.807) is 0 Å². The lowest BCUT2D eigenvalue weighted by atomic mass is 9.84. The van der Waals surface area contributed by atoms with Crippen LogP contribution in [0.5, 0.6) is 5.75 Å². The van der Waals surface area contributed by atoms with Crippen LogP contribution in [0.25, 0.3) is 0 Å². The van der Waals surface area contributed by atoms with Gasteiger partial charge >= 0.3 is 0 Å². The maximum absolute atomic E-state index is 12.5. The van der Waals surface area contributed by atoms with Crippen molar-refractivity contribution >= 4 is 18.3 Å². The first-order valence-corrected chi connectivity index (χ1v) is 9.49. The van der Waals surface area contributed by atoms with Crippen LogP contribution in [-0.4, -0.2) is 11.9 Å². The molecule has 2 fully saturated rings. The van der Waals surface area contributed by atoms with Crippen LogP contribution < -0.4 is 15.8 Å². The zero-order valence-electron chi connectivity index (χ0n) is 15.3. The fraction of sp³-hybridized carbons (Fsp3) is 0.409. The van der Waals surface area contributed by atoms with Gasteiger partial charge in [-0.2, -0.15) is 0 Å². The molecule has 2 bridgehead atoms. The van der Waals surface area contributed by atoms with E-state index in [-0.39, 0.29) is 30.3 Å². The minimum atomic E-state index is 0. The minimum Gasteiger partial charge on any atom is -0.489 e. The first-order valence-electron chi connectivity index (χ1n) is 9.49. The lowest BCUT2D eigenvalue weighted by molar-refractivity contribution is -0.127. The Morgan fingerprint density at radius 2 is 1.67 bits per heavy atom. The number of hydrogen-bond donors (Lipinski definition) is 2. The molecule has 4 unspecified atom stereocenters. The number of para-hydroxylation sites is 1. The Kier molecular flexibility index (Phi) is 6.40. The van der Waals surface area contributed by atoms with Crippen molar-refractivity contribution in [3.8, 4) is 5.75 Å². The average molecular weight is 387 g/mol. The van der Waals surface area contributed by atoms with Crippen LogP contribution in [0.15, 0.2) is 54.6 Å². The summed E-state index contributed by atoms with van der Waals surface area (Å²) >= 11 is 0. The van der Waals surface area contributed by atoms with Gasteiger partial charge in [0, 0.05) is 12.6 Å². The molecule has 1 amide bonds. The summed E-state index contributed by atoms with van der Waals surface area (Å²) in [6.07, 6.45) is 3.49. The van der Waals surface area contributed by atoms with Gasteiger partial charge in [-0.1, -0.05) is 42.5 Å². The summed E-state index contributed by atoms with van der Waals surface area (Å²) in [5.41, 5.74) is 8.47. The Morgan fingerprint density at radius 3 is 2.33 bits per heavy atom. The second-order valence-electron chi connectivity index (χ2n) is 7.57. The number of fused-ring (bicyclic) bond motifs is 2. The molecule has 0 spiro atoms. The molecule has 2 aliphatic rings. The Hall–Kier alpha value is -2.04. The molecule has 2 aromatic carbocycles. The summed E-state index contributed by atoms with van der Waals surface area (Å²) in [7, 11) is 0. The molecule has 5 heteroatoms. The predicted molar refractivity (Wildman–Crippen MR) is 109 cm³/mol. The Labute approximate surface area is 166 Å². The summed E-state index contributed by atoms with van der Waals surface area (Å²) in [6.45, 7) is 1.09. The molecule has 2 aromatic rings. The molecule has 27 heavy (non-hydrogen) atoms. The fourth-order valence-corrected chi connectivity index (χ4v) is 4.47. The number of carbonyl (C=O) groups is 1. The number of carbonyl (C=O) groups excluding carboxylic acids is 1. The van der Waals surface area contributed by atoms with E-state index < -0.39 is 0 Å². The van der Waals surface area contributed by atoms with Crippen molar-refractivity contribution < 1.29 is 9.53 Å². The summed E-state index contributed by atoms with van der Waals surface area (Å²) in [4.78, 5) is 12.5. The van der Waals surface area contributed by atoms with Gasteiger partial charge in [-0.15, -0.1) is 12.4 Å². The molecular formula is C22H27ClN2O2. The maximum atomic E-state index is 12.5. The van der Waals surface area contributed by atoms with Crippen molar-refractivity contribution in [3.05, 3.63) is 65.7 Å². The third kappa shape index (κ3) is 4.45. The van der Waals surface area contributed by atoms with Crippen LogP contribution in [0.2, 0.25) is 0 Å². The Balaban J connectivity index is 0.00000210. The highest BCUT2D eigenvalue weighted by molar-refractivity contribution is 5.85. The molecule has 2 aliphatic carbocycles. The number of rotatable bonds is 6. The van der Waals surface area contributed by atoms with Gasteiger partial charge in [-0.05, 0) is 54.4 Å². The number of ether oxygens (including phenoxy) is 1. The zero-order chi connectivity index (χ0) is 17.9. The van der Waals surface area contributed by atoms with Crippen LogP contribution >= 0.6 is 12.4 Å². The lowest BCUT2D eigenvalue weighted by Crippen LogP contribution is -2.45. The van der Waals surface area contributed by atoms with Crippen molar-refractivity contribution in [2.24, 2.45) is 23.5 Å². The fourth-order valence-electron chi connectivity index (χ4n) is 4.47. The van der Waals surface area contributed by atoms with Crippen molar-refractivity contribution in [3.63, 3.8) is 0 Å². The molecule has 3 N–H and O–H groups in total. The predicted octanol–water partition coefficient (Wildman–Crippen LogP) is 3.68. The summed E-state index contributed by atoms with van der Waals surface area (Å²) < 4.78 is 5.75. The molecule has 0 heterocycles. The second kappa shape index (κ2) is 8.77. The number of nitrogens with two attached hydrogens (primary N) is 1. The van der Waals surface area contributed by atoms with Crippen LogP contribution in [0.1, 0.15) is 30.4 Å². The molecule has 144 valence electrons. The summed E-state index contributed by atoms with van der Waals surface area (Å²) in [5, 5.41) is 3.08. The van der Waals surface area contributed by atoms with Gasteiger partial charge in [-0.25, -0.2) is 0 Å². The minimum absolute atomic E-state index is 0. The molecule has 0 saturated heterocycles. The molecular weight excluding hydrogens is 360 g/mol. The Morgan fingerprint density at radius 1 is 1.00 bits per heavy atom. The van der Waals surface area contributed by atoms with E-state index in [0.717, 1.165) is 29.7 Å². The van der Waals surface area contributed by atoms with Gasteiger partial charge in [0.1, 0.15) is 12.4 Å². The standard InChI is InChI=1S/C22H26N2O2.ClH/c23-21-18-11-10-17(12-18)20(21)22(25)24-13-15-6-8-16(9-7-15)14-26-19-4-2-1-3-5-19;/h1-9,17-18,20-21H,10-14,23H2,(H,24,25);1H. The van der Waals surface area contributed by atoms with E-state index in [9.17, 15) is 4.79 Å². The largest absolute Gasteiger partial charge is 0.489 e. The van der Waals surface area contributed by atoms with Gasteiger partial charge in [0.15, 0.2) is 0 Å². The molecule has 2 saturated carbocycles. The lowest BCUT2D eigenvalue weighted by Gasteiger charge is -2.27. The quantitative estimate of drug-likeness (QED) is 0.796. The third-order valence-electron chi connectivity index (χ3n) is 5.92. The number of hydrogen-bond acceptors (Lipinski definition) is 3. The van der Waals surface area contributed by atoms with E-state index in [2.05, 4.69) is 5.32 Å². The van der Waals surface area contributed by atoms with Gasteiger partial charge < -0.3 is 15.8 Å². The second-order valence-corrected chi connectivity index (χ2v) is 7.57. The van der Waals surface area contributed by atoms with Gasteiger partial charge in [0.05, 0.1) is 5.92 Å². The van der Waals surface area contributed by atoms with Crippen LogP contribution in [0, 0.1) is 17.8 Å². The first-order chi connectivity index (χ1) is 12.7. The van der Waals surface area contributed by atoms with Gasteiger partial charge in [0.2, 0.25) is 5.91 Å². The first kappa shape index (κ1) is 19.7. The normalized spacial score (nSPS) is 25.7. The van der Waals surface area contributed by atoms with E-state index in [1.165, 1.54) is 6.42 Å². The molecule has 0 radical (unpaired) electrons. The number of benzene rings is 2. The molecule has 4 atom stereocenters. The van der Waals surface area contributed by atoms with Crippen molar-refractivity contribution in [1.82, 2.24) is 5.32 Å². The monoisotopic (exact) mass is 386 g/mol. The highest BCUT2D eigenvalue weighted by Crippen LogP contribution is 2.47. The van der Waals surface area contributed by atoms with Crippen LogP contribution in [0.3, 0.4) is 0 Å². The third-order valence-corrected chi connectivity index (χ3v) is 5.92. The van der Waals surface area contributed by atoms with E-state index in [4.69, 9.17) is 10.5 Å². The number of nitrogens with one attached hydrogen (secondary N) is 1. The van der Waals surface area contributed by atoms with Crippen LogP contribution in [-0.2, 0) is 17.9 Å². The highest BCUT2D eigenvalue weighted by Gasteiger charge is 2.48. The topological polar surface area (TPSA) is 64.4 Å².